The zero-order chi connectivity index (χ0) is 27.0. The fraction of sp³-hybridized carbons (Fsp3) is 0.172. The van der Waals surface area contributed by atoms with Crippen molar-refractivity contribution in [1.29, 1.82) is 0 Å². The summed E-state index contributed by atoms with van der Waals surface area (Å²) >= 11 is 0. The van der Waals surface area contributed by atoms with Crippen LogP contribution in [0.4, 0.5) is 13.2 Å². The van der Waals surface area contributed by atoms with Crippen LogP contribution < -0.4 is 5.32 Å². The topological polar surface area (TPSA) is 79.4 Å². The molecule has 6 nitrogen and oxygen atoms in total. The molecular weight excluding hydrogens is 495 g/mol. The first kappa shape index (κ1) is 25.1. The Balaban J connectivity index is 1.26. The van der Waals surface area contributed by atoms with Gasteiger partial charge in [0.25, 0.3) is 17.7 Å². The van der Waals surface area contributed by atoms with Crippen molar-refractivity contribution < 1.29 is 27.6 Å². The van der Waals surface area contributed by atoms with Crippen LogP contribution in [0.3, 0.4) is 0 Å². The summed E-state index contributed by atoms with van der Waals surface area (Å²) in [5.74, 6) is -1.05. The second-order valence-electron chi connectivity index (χ2n) is 9.15. The Labute approximate surface area is 216 Å². The molecule has 9 heteroatoms. The minimum Gasteiger partial charge on any atom is -0.349 e. The van der Waals surface area contributed by atoms with E-state index in [2.05, 4.69) is 10.3 Å². The second-order valence-corrected chi connectivity index (χ2v) is 9.15. The maximum absolute atomic E-state index is 12.9. The molecule has 0 aliphatic carbocycles. The molecule has 0 fully saturated rings. The number of halogens is 3. The van der Waals surface area contributed by atoms with Crippen molar-refractivity contribution >= 4 is 28.6 Å². The molecule has 1 aliphatic rings. The summed E-state index contributed by atoms with van der Waals surface area (Å²) in [5, 5.41) is 3.53. The van der Waals surface area contributed by atoms with Gasteiger partial charge in [-0.25, -0.2) is 0 Å². The molecule has 0 bridgehead atoms. The third kappa shape index (κ3) is 4.74. The highest BCUT2D eigenvalue weighted by Gasteiger charge is 2.35. The Bertz CT molecular complexity index is 1530. The SMILES string of the molecule is CC(CCN1C(=O)c2ccccc2C1=O)NC(=O)c1cnc2c(-c3ccc(C(F)(F)F)cc3)cccc2c1. The van der Waals surface area contributed by atoms with Gasteiger partial charge in [0, 0.05) is 29.7 Å². The van der Waals surface area contributed by atoms with E-state index in [-0.39, 0.29) is 30.3 Å². The highest BCUT2D eigenvalue weighted by Crippen LogP contribution is 2.33. The van der Waals surface area contributed by atoms with Gasteiger partial charge in [-0.3, -0.25) is 24.3 Å². The lowest BCUT2D eigenvalue weighted by molar-refractivity contribution is -0.137. The van der Waals surface area contributed by atoms with Crippen LogP contribution in [0, 0.1) is 0 Å². The maximum Gasteiger partial charge on any atom is 0.416 e. The van der Waals surface area contributed by atoms with Gasteiger partial charge in [0.15, 0.2) is 0 Å². The first-order valence-corrected chi connectivity index (χ1v) is 12.0. The molecule has 4 aromatic rings. The molecule has 1 N–H and O–H groups in total. The molecule has 0 spiro atoms. The summed E-state index contributed by atoms with van der Waals surface area (Å²) in [6.07, 6.45) is -2.63. The van der Waals surface area contributed by atoms with Crippen LogP contribution in [0.25, 0.3) is 22.0 Å². The van der Waals surface area contributed by atoms with Crippen molar-refractivity contribution in [3.63, 3.8) is 0 Å². The van der Waals surface area contributed by atoms with Crippen LogP contribution in [0.1, 0.15) is 50.0 Å². The van der Waals surface area contributed by atoms with Gasteiger partial charge in [-0.15, -0.1) is 0 Å². The van der Waals surface area contributed by atoms with Crippen molar-refractivity contribution in [1.82, 2.24) is 15.2 Å². The summed E-state index contributed by atoms with van der Waals surface area (Å²) in [6.45, 7) is 1.95. The highest BCUT2D eigenvalue weighted by atomic mass is 19.4. The maximum atomic E-state index is 12.9. The van der Waals surface area contributed by atoms with Gasteiger partial charge in [0.2, 0.25) is 0 Å². The molecule has 1 aromatic heterocycles. The number of hydrogen-bond donors (Lipinski definition) is 1. The number of rotatable bonds is 6. The van der Waals surface area contributed by atoms with Gasteiger partial charge in [-0.1, -0.05) is 42.5 Å². The predicted molar refractivity (Wildman–Crippen MR) is 136 cm³/mol. The third-order valence-electron chi connectivity index (χ3n) is 6.54. The van der Waals surface area contributed by atoms with E-state index in [0.29, 0.717) is 45.1 Å². The minimum atomic E-state index is -4.42. The summed E-state index contributed by atoms with van der Waals surface area (Å²) in [7, 11) is 0. The molecule has 1 unspecified atom stereocenters. The zero-order valence-electron chi connectivity index (χ0n) is 20.3. The van der Waals surface area contributed by atoms with E-state index in [1.54, 1.807) is 55.5 Å². The quantitative estimate of drug-likeness (QED) is 0.332. The summed E-state index contributed by atoms with van der Waals surface area (Å²) in [5.41, 5.74) is 2.13. The number of nitrogens with one attached hydrogen (secondary N) is 1. The van der Waals surface area contributed by atoms with E-state index in [4.69, 9.17) is 0 Å². The van der Waals surface area contributed by atoms with Crippen LogP contribution >= 0.6 is 0 Å². The molecule has 1 atom stereocenters. The number of imide groups is 1. The highest BCUT2D eigenvalue weighted by molar-refractivity contribution is 6.21. The molecular formula is C29H22F3N3O3. The predicted octanol–water partition coefficient (Wildman–Crippen LogP) is 5.73. The number of para-hydroxylation sites is 1. The summed E-state index contributed by atoms with van der Waals surface area (Å²) < 4.78 is 38.8. The lowest BCUT2D eigenvalue weighted by Gasteiger charge is -2.18. The van der Waals surface area contributed by atoms with Crippen LogP contribution in [-0.2, 0) is 6.18 Å². The minimum absolute atomic E-state index is 0.167. The lowest BCUT2D eigenvalue weighted by atomic mass is 10.00. The molecule has 38 heavy (non-hydrogen) atoms. The van der Waals surface area contributed by atoms with Gasteiger partial charge in [-0.2, -0.15) is 13.2 Å². The molecule has 0 saturated carbocycles. The van der Waals surface area contributed by atoms with E-state index in [1.165, 1.54) is 23.2 Å². The average Bonchev–Trinajstić information content (AvgIpc) is 3.15. The Morgan fingerprint density at radius 2 is 1.55 bits per heavy atom. The van der Waals surface area contributed by atoms with Crippen LogP contribution in [-0.4, -0.2) is 40.2 Å². The average molecular weight is 518 g/mol. The van der Waals surface area contributed by atoms with Gasteiger partial charge in [0.1, 0.15) is 0 Å². The number of fused-ring (bicyclic) bond motifs is 2. The van der Waals surface area contributed by atoms with Crippen LogP contribution in [0.5, 0.6) is 0 Å². The Kier molecular flexibility index (Phi) is 6.44. The van der Waals surface area contributed by atoms with E-state index in [0.717, 1.165) is 12.1 Å². The van der Waals surface area contributed by atoms with Crippen molar-refractivity contribution in [3.05, 3.63) is 101 Å². The number of benzene rings is 3. The van der Waals surface area contributed by atoms with E-state index in [9.17, 15) is 27.6 Å². The first-order valence-electron chi connectivity index (χ1n) is 12.0. The Morgan fingerprint density at radius 1 is 0.921 bits per heavy atom. The molecule has 1 aliphatic heterocycles. The standard InChI is InChI=1S/C29H22F3N3O3/c1-17(13-14-35-27(37)23-6-2-3-7-24(23)28(35)38)34-26(36)20-15-19-5-4-8-22(25(19)33-16-20)18-9-11-21(12-10-18)29(30,31)32/h2-12,15-17H,13-14H2,1H3,(H,34,36). The number of hydrogen-bond acceptors (Lipinski definition) is 4. The van der Waals surface area contributed by atoms with Gasteiger partial charge in [0.05, 0.1) is 27.8 Å². The van der Waals surface area contributed by atoms with Crippen molar-refractivity contribution in [2.75, 3.05) is 6.54 Å². The number of carbonyl (C=O) groups is 3. The van der Waals surface area contributed by atoms with Gasteiger partial charge in [-0.05, 0) is 49.2 Å². The molecule has 2 heterocycles. The second kappa shape index (κ2) is 9.74. The number of carbonyl (C=O) groups excluding carboxylic acids is 3. The fourth-order valence-corrected chi connectivity index (χ4v) is 4.50. The van der Waals surface area contributed by atoms with E-state index >= 15 is 0 Å². The molecule has 3 amide bonds. The number of alkyl halides is 3. The van der Waals surface area contributed by atoms with E-state index < -0.39 is 11.7 Å². The largest absolute Gasteiger partial charge is 0.416 e. The van der Waals surface area contributed by atoms with Crippen LogP contribution in [0.2, 0.25) is 0 Å². The van der Waals surface area contributed by atoms with Crippen LogP contribution in [0.15, 0.2) is 79.0 Å². The molecule has 192 valence electrons. The van der Waals surface area contributed by atoms with Crippen molar-refractivity contribution in [2.24, 2.45) is 0 Å². The summed E-state index contributed by atoms with van der Waals surface area (Å²) in [4.78, 5) is 43.6. The van der Waals surface area contributed by atoms with Crippen molar-refractivity contribution in [2.45, 2.75) is 25.6 Å². The Hall–Kier alpha value is -4.53. The molecule has 0 saturated heterocycles. The first-order chi connectivity index (χ1) is 18.1. The molecule has 5 rings (SSSR count). The molecule has 3 aromatic carbocycles. The smallest absolute Gasteiger partial charge is 0.349 e. The number of aromatic nitrogens is 1. The normalized spacial score (nSPS) is 14.1. The van der Waals surface area contributed by atoms with E-state index in [1.807, 2.05) is 0 Å². The number of pyridine rings is 1. The number of amides is 3. The fourth-order valence-electron chi connectivity index (χ4n) is 4.50. The van der Waals surface area contributed by atoms with Gasteiger partial charge >= 0.3 is 6.18 Å². The lowest BCUT2D eigenvalue weighted by Crippen LogP contribution is -2.38. The zero-order valence-corrected chi connectivity index (χ0v) is 20.3. The van der Waals surface area contributed by atoms with Crippen molar-refractivity contribution in [3.8, 4) is 11.1 Å². The Morgan fingerprint density at radius 3 is 2.18 bits per heavy atom. The third-order valence-corrected chi connectivity index (χ3v) is 6.54. The monoisotopic (exact) mass is 517 g/mol. The molecule has 0 radical (unpaired) electrons. The van der Waals surface area contributed by atoms with Gasteiger partial charge < -0.3 is 5.32 Å². The summed E-state index contributed by atoms with van der Waals surface area (Å²) in [6, 6.07) is 18.1. The number of nitrogens with zero attached hydrogens (tertiary/aromatic N) is 2.